The number of aliphatic hydroxyl groups is 2. The number of piperidine rings is 1. The average molecular weight is 580 g/mol. The van der Waals surface area contributed by atoms with Gasteiger partial charge >= 0.3 is 5.97 Å². The van der Waals surface area contributed by atoms with Crippen molar-refractivity contribution in [2.45, 2.75) is 109 Å². The highest BCUT2D eigenvalue weighted by Crippen LogP contribution is 2.54. The van der Waals surface area contributed by atoms with Crippen LogP contribution < -0.4 is 0 Å². The second-order valence-corrected chi connectivity index (χ2v) is 14.4. The Kier molecular flexibility index (Phi) is 7.81. The molecule has 3 aliphatic carbocycles. The average Bonchev–Trinajstić information content (AvgIpc) is 3.79. The molecule has 0 unspecified atom stereocenters. The number of allylic oxidation sites excluding steroid dienone is 2. The number of methoxy groups -OCH3 is 1. The van der Waals surface area contributed by atoms with Gasteiger partial charge in [0, 0.05) is 41.8 Å². The van der Waals surface area contributed by atoms with Crippen molar-refractivity contribution in [3.8, 4) is 0 Å². The summed E-state index contributed by atoms with van der Waals surface area (Å²) in [6.07, 6.45) is 22.4. The number of nitrogens with zero attached hydrogens (tertiary/aromatic N) is 1. The van der Waals surface area contributed by atoms with Crippen molar-refractivity contribution in [3.63, 3.8) is 0 Å². The Morgan fingerprint density at radius 3 is 2.60 bits per heavy atom. The molecule has 1 spiro atoms. The van der Waals surface area contributed by atoms with E-state index in [1.165, 1.54) is 52.1 Å². The van der Waals surface area contributed by atoms with Crippen LogP contribution in [0.1, 0.15) is 90.4 Å². The first-order chi connectivity index (χ1) is 20.4. The normalized spacial score (nSPS) is 39.1. The summed E-state index contributed by atoms with van der Waals surface area (Å²) in [5.74, 6) is 3.53. The van der Waals surface area contributed by atoms with E-state index in [0.29, 0.717) is 17.4 Å². The molecule has 0 aromatic rings. The van der Waals surface area contributed by atoms with Crippen LogP contribution in [0, 0.1) is 35.0 Å². The third-order valence-corrected chi connectivity index (χ3v) is 12.1. The lowest BCUT2D eigenvalue weighted by atomic mass is 9.73. The summed E-state index contributed by atoms with van der Waals surface area (Å²) >= 11 is 0. The summed E-state index contributed by atoms with van der Waals surface area (Å²) in [7, 11) is 1.50. The SMILES string of the molecule is COC1=C(CO)C(=O)OC1=C1OC2=CC3(CCCC3)CN3[C@H]([C@@H](O)[C@@H]4C=CC[C@@H](C5CCCC5)C4)CCC[C@H]3[C@H]2[C@@H]1C. The van der Waals surface area contributed by atoms with Crippen LogP contribution in [0.4, 0.5) is 0 Å². The molecule has 7 aliphatic rings. The Morgan fingerprint density at radius 1 is 1.07 bits per heavy atom. The number of hydrogen-bond donors (Lipinski definition) is 2. The summed E-state index contributed by atoms with van der Waals surface area (Å²) in [5.41, 5.74) is 0.178. The minimum atomic E-state index is -0.570. The summed E-state index contributed by atoms with van der Waals surface area (Å²) in [4.78, 5) is 15.3. The lowest BCUT2D eigenvalue weighted by Gasteiger charge is -2.49. The van der Waals surface area contributed by atoms with E-state index in [4.69, 9.17) is 14.2 Å². The lowest BCUT2D eigenvalue weighted by Crippen LogP contribution is -2.58. The number of cyclic esters (lactones) is 1. The van der Waals surface area contributed by atoms with Gasteiger partial charge < -0.3 is 24.4 Å². The molecule has 2 N–H and O–H groups in total. The van der Waals surface area contributed by atoms with E-state index >= 15 is 0 Å². The van der Waals surface area contributed by atoms with Gasteiger partial charge in [-0.05, 0) is 56.4 Å². The van der Waals surface area contributed by atoms with Crippen LogP contribution in [0.5, 0.6) is 0 Å². The van der Waals surface area contributed by atoms with Crippen molar-refractivity contribution in [2.75, 3.05) is 20.3 Å². The molecule has 4 heterocycles. The smallest absolute Gasteiger partial charge is 0.345 e. The molecule has 0 radical (unpaired) electrons. The quantitative estimate of drug-likeness (QED) is 0.317. The Bertz CT molecular complexity index is 1190. The first-order valence-electron chi connectivity index (χ1n) is 16.8. The van der Waals surface area contributed by atoms with Gasteiger partial charge in [0.15, 0.2) is 11.5 Å². The number of rotatable bonds is 5. The van der Waals surface area contributed by atoms with Gasteiger partial charge in [0.2, 0.25) is 5.76 Å². The third kappa shape index (κ3) is 4.78. The topological polar surface area (TPSA) is 88.5 Å². The number of carbonyl (C=O) groups excluding carboxylic acids is 1. The van der Waals surface area contributed by atoms with Crippen LogP contribution in [-0.2, 0) is 19.0 Å². The van der Waals surface area contributed by atoms with Gasteiger partial charge in [0.05, 0.1) is 19.8 Å². The minimum Gasteiger partial charge on any atom is -0.492 e. The molecule has 2 saturated carbocycles. The molecule has 7 heteroatoms. The van der Waals surface area contributed by atoms with Gasteiger partial charge in [-0.15, -0.1) is 0 Å². The fourth-order valence-electron chi connectivity index (χ4n) is 10.0. The number of carbonyl (C=O) groups is 1. The molecule has 4 aliphatic heterocycles. The molecule has 7 nitrogen and oxygen atoms in total. The fraction of sp³-hybridized carbons (Fsp3) is 0.743. The Hall–Kier alpha value is -2.09. The van der Waals surface area contributed by atoms with Gasteiger partial charge in [0.25, 0.3) is 0 Å². The first kappa shape index (κ1) is 28.7. The van der Waals surface area contributed by atoms with Crippen molar-refractivity contribution in [1.29, 1.82) is 0 Å². The summed E-state index contributed by atoms with van der Waals surface area (Å²) < 4.78 is 17.9. The van der Waals surface area contributed by atoms with Crippen molar-refractivity contribution >= 4 is 5.97 Å². The molecular weight excluding hydrogens is 530 g/mol. The van der Waals surface area contributed by atoms with Gasteiger partial charge in [-0.1, -0.05) is 64.0 Å². The Morgan fingerprint density at radius 2 is 1.86 bits per heavy atom. The maximum atomic E-state index is 12.6. The first-order valence-corrected chi connectivity index (χ1v) is 16.8. The van der Waals surface area contributed by atoms with Crippen molar-refractivity contribution in [2.24, 2.45) is 35.0 Å². The highest BCUT2D eigenvalue weighted by Gasteiger charge is 2.54. The number of fused-ring (bicyclic) bond motifs is 3. The number of aliphatic hydroxyl groups excluding tert-OH is 2. The van der Waals surface area contributed by atoms with Gasteiger partial charge in [-0.25, -0.2) is 4.79 Å². The Balaban J connectivity index is 1.21. The predicted octanol–water partition coefficient (Wildman–Crippen LogP) is 5.74. The molecule has 0 bridgehead atoms. The minimum absolute atomic E-state index is 0.0245. The second-order valence-electron chi connectivity index (χ2n) is 14.4. The van der Waals surface area contributed by atoms with Crippen LogP contribution in [0.15, 0.2) is 46.8 Å². The van der Waals surface area contributed by atoms with Crippen LogP contribution in [0.3, 0.4) is 0 Å². The van der Waals surface area contributed by atoms with E-state index in [1.807, 2.05) is 0 Å². The summed E-state index contributed by atoms with van der Waals surface area (Å²) in [5, 5.41) is 22.0. The molecule has 0 aromatic carbocycles. The number of esters is 1. The zero-order chi connectivity index (χ0) is 29.0. The molecule has 7 atom stereocenters. The molecule has 42 heavy (non-hydrogen) atoms. The molecule has 0 aromatic heterocycles. The molecule has 230 valence electrons. The maximum Gasteiger partial charge on any atom is 0.345 e. The van der Waals surface area contributed by atoms with Crippen molar-refractivity contribution < 1.29 is 29.2 Å². The van der Waals surface area contributed by atoms with E-state index in [-0.39, 0.29) is 52.7 Å². The molecular formula is C35H49NO6. The summed E-state index contributed by atoms with van der Waals surface area (Å²) in [6, 6.07) is 0.384. The zero-order valence-corrected chi connectivity index (χ0v) is 25.4. The van der Waals surface area contributed by atoms with E-state index in [9.17, 15) is 15.0 Å². The van der Waals surface area contributed by atoms with Crippen molar-refractivity contribution in [3.05, 3.63) is 46.8 Å². The molecule has 0 amide bonds. The number of hydrogen-bond acceptors (Lipinski definition) is 7. The lowest BCUT2D eigenvalue weighted by molar-refractivity contribution is -0.133. The zero-order valence-electron chi connectivity index (χ0n) is 25.4. The van der Waals surface area contributed by atoms with Gasteiger partial charge in [-0.2, -0.15) is 0 Å². The Labute approximate surface area is 250 Å². The largest absolute Gasteiger partial charge is 0.492 e. The van der Waals surface area contributed by atoms with Crippen LogP contribution in [0.25, 0.3) is 0 Å². The van der Waals surface area contributed by atoms with Gasteiger partial charge in [0.1, 0.15) is 11.3 Å². The maximum absolute atomic E-state index is 12.6. The van der Waals surface area contributed by atoms with E-state index in [1.54, 1.807) is 0 Å². The van der Waals surface area contributed by atoms with E-state index in [0.717, 1.165) is 56.7 Å². The number of ether oxygens (including phenoxy) is 3. The molecule has 4 fully saturated rings. The second kappa shape index (κ2) is 11.4. The van der Waals surface area contributed by atoms with E-state index in [2.05, 4.69) is 30.1 Å². The molecule has 7 rings (SSSR count). The van der Waals surface area contributed by atoms with Crippen LogP contribution >= 0.6 is 0 Å². The highest BCUT2D eigenvalue weighted by atomic mass is 16.6. The van der Waals surface area contributed by atoms with E-state index < -0.39 is 12.6 Å². The van der Waals surface area contributed by atoms with Crippen LogP contribution in [-0.4, -0.2) is 59.5 Å². The fourth-order valence-corrected chi connectivity index (χ4v) is 10.0. The standard InChI is InChI=1S/C35H49NO6/c1-21-29-26-13-8-14-27(30(38)24-12-7-11-23(17-24)22-9-3-4-10-22)36(26)20-35(15-5-6-16-35)18-28(29)41-31(21)33-32(40-2)25(19-37)34(39)42-33/h7,12,18,21-24,26-27,29-30,37-38H,3-6,8-11,13-17,19-20H2,1-2H3/t21-,23+,24+,26-,27-,29+,30-/m0/s1. The van der Waals surface area contributed by atoms with Gasteiger partial charge in [-0.3, -0.25) is 4.90 Å². The predicted molar refractivity (Wildman–Crippen MR) is 158 cm³/mol. The monoisotopic (exact) mass is 579 g/mol. The highest BCUT2D eigenvalue weighted by molar-refractivity contribution is 5.94. The summed E-state index contributed by atoms with van der Waals surface area (Å²) in [6.45, 7) is 2.72. The third-order valence-electron chi connectivity index (χ3n) is 12.1. The molecule has 2 saturated heterocycles. The van der Waals surface area contributed by atoms with Crippen molar-refractivity contribution in [1.82, 2.24) is 4.90 Å². The van der Waals surface area contributed by atoms with Crippen LogP contribution in [0.2, 0.25) is 0 Å².